The summed E-state index contributed by atoms with van der Waals surface area (Å²) in [5, 5.41) is 0. The third-order valence-corrected chi connectivity index (χ3v) is 9.51. The van der Waals surface area contributed by atoms with E-state index in [1.165, 1.54) is 48.1 Å². The average molecular weight is 402 g/mol. The van der Waals surface area contributed by atoms with Gasteiger partial charge in [0.1, 0.15) is 5.75 Å². The molecule has 4 atom stereocenters. The molecular weight excluding hydrogens is 374 g/mol. The van der Waals surface area contributed by atoms with Gasteiger partial charge in [-0.3, -0.25) is 4.99 Å². The van der Waals surface area contributed by atoms with Gasteiger partial charge in [-0.15, -0.1) is 0 Å². The van der Waals surface area contributed by atoms with E-state index >= 15 is 0 Å². The van der Waals surface area contributed by atoms with Crippen molar-refractivity contribution in [2.24, 2.45) is 22.2 Å². The summed E-state index contributed by atoms with van der Waals surface area (Å²) in [6.07, 6.45) is 8.47. The number of hydrogen-bond acceptors (Lipinski definition) is 3. The van der Waals surface area contributed by atoms with E-state index in [1.807, 2.05) is 11.8 Å². The summed E-state index contributed by atoms with van der Waals surface area (Å²) in [5.74, 6) is 3.24. The molecule has 3 heteroatoms. The Morgan fingerprint density at radius 1 is 1.14 bits per heavy atom. The van der Waals surface area contributed by atoms with Crippen molar-refractivity contribution in [1.29, 1.82) is 0 Å². The first kappa shape index (κ1) is 17.8. The maximum atomic E-state index is 5.48. The Bertz CT molecular complexity index is 1050. The largest absolute Gasteiger partial charge is 0.497 e. The van der Waals surface area contributed by atoms with Crippen molar-refractivity contribution in [2.45, 2.75) is 49.8 Å². The van der Waals surface area contributed by atoms with Crippen molar-refractivity contribution < 1.29 is 4.74 Å². The molecule has 6 rings (SSSR count). The van der Waals surface area contributed by atoms with E-state index in [9.17, 15) is 0 Å². The number of para-hydroxylation sites is 1. The minimum Gasteiger partial charge on any atom is -0.497 e. The van der Waals surface area contributed by atoms with Gasteiger partial charge in [0.2, 0.25) is 0 Å². The lowest BCUT2D eigenvalue weighted by Crippen LogP contribution is -2.40. The first-order chi connectivity index (χ1) is 14.2. The van der Waals surface area contributed by atoms with Crippen molar-refractivity contribution in [3.8, 4) is 5.75 Å². The number of benzene rings is 2. The van der Waals surface area contributed by atoms with E-state index in [2.05, 4.69) is 55.6 Å². The van der Waals surface area contributed by atoms with Crippen LogP contribution in [0.25, 0.3) is 0 Å². The fraction of sp³-hybridized carbons (Fsp3) is 0.423. The molecular formula is C26H27NOS. The molecule has 0 N–H and O–H groups in total. The lowest BCUT2D eigenvalue weighted by molar-refractivity contribution is 0.0801. The average Bonchev–Trinajstić information content (AvgIpc) is 2.91. The van der Waals surface area contributed by atoms with Crippen LogP contribution >= 0.6 is 11.8 Å². The van der Waals surface area contributed by atoms with Crippen molar-refractivity contribution in [2.75, 3.05) is 7.11 Å². The van der Waals surface area contributed by atoms with Crippen LogP contribution in [0.2, 0.25) is 0 Å². The third-order valence-electron chi connectivity index (χ3n) is 8.01. The molecule has 0 unspecified atom stereocenters. The number of rotatable bonds is 1. The molecule has 1 saturated carbocycles. The SMILES string of the molecule is COc1ccc2c(c1)CC[C@@H]1[C@@H]2CC[C@]2(C)C3=C(C=Nc4ccccc4S3)C[C@@H]12. The number of aliphatic imine (C=N–C) groups is 1. The summed E-state index contributed by atoms with van der Waals surface area (Å²) in [5.41, 5.74) is 6.04. The van der Waals surface area contributed by atoms with Crippen LogP contribution < -0.4 is 4.74 Å². The van der Waals surface area contributed by atoms with Crippen LogP contribution in [0.5, 0.6) is 5.75 Å². The van der Waals surface area contributed by atoms with Crippen molar-refractivity contribution in [3.63, 3.8) is 0 Å². The van der Waals surface area contributed by atoms with E-state index in [-0.39, 0.29) is 0 Å². The number of hydrogen-bond donors (Lipinski definition) is 0. The van der Waals surface area contributed by atoms with Gasteiger partial charge in [0, 0.05) is 21.4 Å². The molecule has 0 bridgehead atoms. The maximum absolute atomic E-state index is 5.48. The lowest BCUT2D eigenvalue weighted by atomic mass is 9.55. The van der Waals surface area contributed by atoms with Gasteiger partial charge in [-0.2, -0.15) is 0 Å². The van der Waals surface area contributed by atoms with Gasteiger partial charge in [-0.25, -0.2) is 0 Å². The minimum atomic E-state index is 0.300. The number of aryl methyl sites for hydroxylation is 1. The summed E-state index contributed by atoms with van der Waals surface area (Å²) in [6, 6.07) is 15.4. The third kappa shape index (κ3) is 2.59. The Hall–Kier alpha value is -2.00. The van der Waals surface area contributed by atoms with E-state index < -0.39 is 0 Å². The molecule has 0 saturated heterocycles. The summed E-state index contributed by atoms with van der Waals surface area (Å²) >= 11 is 2.00. The van der Waals surface area contributed by atoms with Crippen LogP contribution in [0.1, 0.15) is 49.7 Å². The van der Waals surface area contributed by atoms with Crippen LogP contribution in [0.4, 0.5) is 5.69 Å². The number of ether oxygens (including phenoxy) is 1. The van der Waals surface area contributed by atoms with Crippen LogP contribution in [0, 0.1) is 17.3 Å². The van der Waals surface area contributed by atoms with Crippen LogP contribution in [-0.4, -0.2) is 13.3 Å². The molecule has 0 radical (unpaired) electrons. The predicted molar refractivity (Wildman–Crippen MR) is 120 cm³/mol. The summed E-state index contributed by atoms with van der Waals surface area (Å²) in [7, 11) is 1.77. The summed E-state index contributed by atoms with van der Waals surface area (Å²) in [6.45, 7) is 2.55. The van der Waals surface area contributed by atoms with E-state index in [4.69, 9.17) is 9.73 Å². The Labute approximate surface area is 177 Å². The Morgan fingerprint density at radius 3 is 2.93 bits per heavy atom. The molecule has 4 aliphatic rings. The molecule has 2 nitrogen and oxygen atoms in total. The van der Waals surface area contributed by atoms with Gasteiger partial charge in [0.15, 0.2) is 0 Å². The molecule has 1 heterocycles. The lowest BCUT2D eigenvalue weighted by Gasteiger charge is -2.50. The molecule has 2 aromatic rings. The molecule has 1 fully saturated rings. The molecule has 1 aliphatic heterocycles. The highest BCUT2D eigenvalue weighted by Gasteiger charge is 2.54. The van der Waals surface area contributed by atoms with Gasteiger partial charge in [0.05, 0.1) is 12.8 Å². The number of methoxy groups -OCH3 is 1. The van der Waals surface area contributed by atoms with Crippen LogP contribution in [0.3, 0.4) is 0 Å². The van der Waals surface area contributed by atoms with Gasteiger partial charge in [-0.05, 0) is 90.8 Å². The topological polar surface area (TPSA) is 21.6 Å². The van der Waals surface area contributed by atoms with Crippen LogP contribution in [0.15, 0.2) is 62.8 Å². The van der Waals surface area contributed by atoms with E-state index in [0.29, 0.717) is 11.3 Å². The summed E-state index contributed by atoms with van der Waals surface area (Å²) < 4.78 is 5.48. The van der Waals surface area contributed by atoms with Gasteiger partial charge in [-0.1, -0.05) is 36.9 Å². The van der Waals surface area contributed by atoms with E-state index in [0.717, 1.165) is 23.3 Å². The number of allylic oxidation sites excluding steroid dienone is 2. The fourth-order valence-corrected chi connectivity index (χ4v) is 7.91. The second kappa shape index (κ2) is 6.50. The zero-order valence-electron chi connectivity index (χ0n) is 17.2. The second-order valence-electron chi connectivity index (χ2n) is 9.32. The smallest absolute Gasteiger partial charge is 0.119 e. The maximum Gasteiger partial charge on any atom is 0.119 e. The first-order valence-electron chi connectivity index (χ1n) is 10.9. The van der Waals surface area contributed by atoms with Crippen molar-refractivity contribution >= 4 is 23.7 Å². The molecule has 2 aromatic carbocycles. The molecule has 0 amide bonds. The van der Waals surface area contributed by atoms with E-state index in [1.54, 1.807) is 17.6 Å². The Kier molecular flexibility index (Phi) is 4.00. The van der Waals surface area contributed by atoms with Gasteiger partial charge in [0.25, 0.3) is 0 Å². The molecule has 148 valence electrons. The molecule has 0 spiro atoms. The standard InChI is InChI=1S/C26H27NOS/c1-26-12-11-20-19-10-8-18(28-2)13-16(19)7-9-21(20)22(26)14-17-15-27-23-5-3-4-6-24(23)29-25(17)26/h3-6,8,10,13,15,20-22H,7,9,11-12,14H2,1-2H3/t20-,21-,22+,26+/m1/s1. The van der Waals surface area contributed by atoms with Crippen LogP contribution in [-0.2, 0) is 6.42 Å². The van der Waals surface area contributed by atoms with Crippen molar-refractivity contribution in [1.82, 2.24) is 0 Å². The Morgan fingerprint density at radius 2 is 2.03 bits per heavy atom. The minimum absolute atomic E-state index is 0.300. The first-order valence-corrected chi connectivity index (χ1v) is 11.7. The quantitative estimate of drug-likeness (QED) is 0.517. The molecule has 3 aliphatic carbocycles. The molecule has 29 heavy (non-hydrogen) atoms. The highest BCUT2D eigenvalue weighted by atomic mass is 32.2. The Balaban J connectivity index is 1.35. The highest BCUT2D eigenvalue weighted by molar-refractivity contribution is 8.03. The monoisotopic (exact) mass is 401 g/mol. The number of fused-ring (bicyclic) bond motifs is 7. The number of nitrogens with zero attached hydrogens (tertiary/aromatic N) is 1. The zero-order chi connectivity index (χ0) is 19.6. The highest BCUT2D eigenvalue weighted by Crippen LogP contribution is 2.66. The fourth-order valence-electron chi connectivity index (χ4n) is 6.56. The normalized spacial score (nSPS) is 31.9. The molecule has 0 aromatic heterocycles. The summed E-state index contributed by atoms with van der Waals surface area (Å²) in [4.78, 5) is 7.78. The van der Waals surface area contributed by atoms with Gasteiger partial charge >= 0.3 is 0 Å². The van der Waals surface area contributed by atoms with Crippen molar-refractivity contribution in [3.05, 3.63) is 64.1 Å². The zero-order valence-corrected chi connectivity index (χ0v) is 18.0. The van der Waals surface area contributed by atoms with Gasteiger partial charge < -0.3 is 4.74 Å². The number of thioether (sulfide) groups is 1. The second-order valence-corrected chi connectivity index (χ2v) is 10.4. The predicted octanol–water partition coefficient (Wildman–Crippen LogP) is 6.92.